The Hall–Kier alpha value is -2.86. The third-order valence-corrected chi connectivity index (χ3v) is 5.58. The lowest BCUT2D eigenvalue weighted by Crippen LogP contribution is -2.48. The first kappa shape index (κ1) is 21.8. The van der Waals surface area contributed by atoms with E-state index in [9.17, 15) is 9.59 Å². The molecule has 2 N–H and O–H groups in total. The summed E-state index contributed by atoms with van der Waals surface area (Å²) in [6.45, 7) is 6.38. The average Bonchev–Trinajstić information content (AvgIpc) is 2.79. The van der Waals surface area contributed by atoms with E-state index in [-0.39, 0.29) is 23.8 Å². The first-order valence-corrected chi connectivity index (χ1v) is 10.7. The minimum absolute atomic E-state index is 0.00102. The number of ether oxygens (including phenoxy) is 1. The number of amides is 2. The fourth-order valence-electron chi connectivity index (χ4n) is 3.73. The van der Waals surface area contributed by atoms with Crippen LogP contribution in [0.15, 0.2) is 54.6 Å². The number of anilines is 1. The molecule has 2 aromatic carbocycles. The molecule has 1 aliphatic heterocycles. The summed E-state index contributed by atoms with van der Waals surface area (Å²) in [5, 5.41) is 6.02. The van der Waals surface area contributed by atoms with Crippen LogP contribution in [-0.4, -0.2) is 42.5 Å². The van der Waals surface area contributed by atoms with E-state index in [1.807, 2.05) is 68.4 Å². The smallest absolute Gasteiger partial charge is 0.241 e. The van der Waals surface area contributed by atoms with E-state index in [4.69, 9.17) is 4.74 Å². The van der Waals surface area contributed by atoms with E-state index in [1.54, 1.807) is 0 Å². The molecule has 160 valence electrons. The quantitative estimate of drug-likeness (QED) is 0.701. The van der Waals surface area contributed by atoms with Crippen molar-refractivity contribution in [1.29, 1.82) is 0 Å². The molecule has 30 heavy (non-hydrogen) atoms. The van der Waals surface area contributed by atoms with Gasteiger partial charge in [-0.05, 0) is 57.5 Å². The van der Waals surface area contributed by atoms with E-state index >= 15 is 0 Å². The predicted molar refractivity (Wildman–Crippen MR) is 118 cm³/mol. The Morgan fingerprint density at radius 3 is 2.43 bits per heavy atom. The average molecular weight is 410 g/mol. The number of likely N-dealkylation sites (tertiary alicyclic amines) is 1. The van der Waals surface area contributed by atoms with Gasteiger partial charge in [-0.1, -0.05) is 42.5 Å². The van der Waals surface area contributed by atoms with Crippen molar-refractivity contribution in [1.82, 2.24) is 10.2 Å². The molecule has 0 aromatic heterocycles. The van der Waals surface area contributed by atoms with Gasteiger partial charge >= 0.3 is 0 Å². The Balaban J connectivity index is 1.47. The molecule has 2 amide bonds. The van der Waals surface area contributed by atoms with Crippen LogP contribution in [0.25, 0.3) is 0 Å². The number of nitrogens with zero attached hydrogens (tertiary/aromatic N) is 1. The highest BCUT2D eigenvalue weighted by atomic mass is 16.5. The van der Waals surface area contributed by atoms with Crippen LogP contribution >= 0.6 is 0 Å². The second kappa shape index (κ2) is 10.8. The first-order chi connectivity index (χ1) is 14.6. The molecule has 1 atom stereocenters. The fraction of sp³-hybridized carbons (Fsp3) is 0.417. The molecule has 0 spiro atoms. The van der Waals surface area contributed by atoms with Gasteiger partial charge in [0.1, 0.15) is 5.75 Å². The molecule has 0 saturated carbocycles. The number of benzene rings is 2. The Bertz CT molecular complexity index is 833. The number of hydrogen-bond acceptors (Lipinski definition) is 4. The van der Waals surface area contributed by atoms with Crippen LogP contribution in [-0.2, 0) is 16.1 Å². The molecule has 1 aliphatic rings. The molecule has 6 heteroatoms. The molecule has 1 unspecified atom stereocenters. The summed E-state index contributed by atoms with van der Waals surface area (Å²) in [6, 6.07) is 17.1. The molecule has 0 bridgehead atoms. The topological polar surface area (TPSA) is 70.7 Å². The Labute approximate surface area is 178 Å². The summed E-state index contributed by atoms with van der Waals surface area (Å²) < 4.78 is 5.59. The van der Waals surface area contributed by atoms with Crippen molar-refractivity contribution in [3.8, 4) is 5.75 Å². The minimum atomic E-state index is -0.270. The van der Waals surface area contributed by atoms with E-state index in [0.29, 0.717) is 24.6 Å². The standard InChI is InChI=1S/C24H31N3O3/c1-3-30-22-12-8-7-11-21(22)26-23(28)18(2)27-15-13-20(14-16-27)24(29)25-17-19-9-5-4-6-10-19/h4-12,18,20H,3,13-17H2,1-2H3,(H,25,29)(H,26,28). The number of carbonyl (C=O) groups excluding carboxylic acids is 2. The lowest BCUT2D eigenvalue weighted by atomic mass is 9.94. The number of piperidine rings is 1. The van der Waals surface area contributed by atoms with Crippen molar-refractivity contribution in [2.45, 2.75) is 39.3 Å². The SMILES string of the molecule is CCOc1ccccc1NC(=O)C(C)N1CCC(C(=O)NCc2ccccc2)CC1. The molecule has 1 fully saturated rings. The zero-order valence-corrected chi connectivity index (χ0v) is 17.8. The minimum Gasteiger partial charge on any atom is -0.492 e. The molecule has 3 rings (SSSR count). The maximum atomic E-state index is 12.8. The summed E-state index contributed by atoms with van der Waals surface area (Å²) in [6.07, 6.45) is 1.52. The maximum absolute atomic E-state index is 12.8. The lowest BCUT2D eigenvalue weighted by Gasteiger charge is -2.34. The van der Waals surface area contributed by atoms with Crippen molar-refractivity contribution in [3.05, 3.63) is 60.2 Å². The lowest BCUT2D eigenvalue weighted by molar-refractivity contribution is -0.127. The van der Waals surface area contributed by atoms with Gasteiger partial charge in [0.05, 0.1) is 18.3 Å². The molecule has 0 radical (unpaired) electrons. The van der Waals surface area contributed by atoms with Crippen LogP contribution in [0.3, 0.4) is 0 Å². The second-order valence-corrected chi connectivity index (χ2v) is 7.61. The van der Waals surface area contributed by atoms with Gasteiger partial charge in [0.25, 0.3) is 0 Å². The summed E-state index contributed by atoms with van der Waals surface area (Å²) >= 11 is 0. The largest absolute Gasteiger partial charge is 0.492 e. The van der Waals surface area contributed by atoms with Crippen LogP contribution in [0, 0.1) is 5.92 Å². The summed E-state index contributed by atoms with van der Waals surface area (Å²) in [5.41, 5.74) is 1.78. The zero-order valence-electron chi connectivity index (χ0n) is 17.8. The van der Waals surface area contributed by atoms with Gasteiger partial charge in [0.15, 0.2) is 0 Å². The van der Waals surface area contributed by atoms with Gasteiger partial charge < -0.3 is 15.4 Å². The van der Waals surface area contributed by atoms with E-state index in [2.05, 4.69) is 15.5 Å². The van der Waals surface area contributed by atoms with Crippen LogP contribution in [0.2, 0.25) is 0 Å². The highest BCUT2D eigenvalue weighted by molar-refractivity contribution is 5.95. The van der Waals surface area contributed by atoms with Crippen molar-refractivity contribution < 1.29 is 14.3 Å². The number of carbonyl (C=O) groups is 2. The third kappa shape index (κ3) is 5.83. The molecule has 1 heterocycles. The number of rotatable bonds is 8. The van der Waals surface area contributed by atoms with Crippen LogP contribution < -0.4 is 15.4 Å². The van der Waals surface area contributed by atoms with Crippen molar-refractivity contribution in [2.75, 3.05) is 25.0 Å². The molecule has 1 saturated heterocycles. The fourth-order valence-corrected chi connectivity index (χ4v) is 3.73. The molecular weight excluding hydrogens is 378 g/mol. The van der Waals surface area contributed by atoms with Gasteiger partial charge in [0.2, 0.25) is 11.8 Å². The van der Waals surface area contributed by atoms with Gasteiger partial charge in [0, 0.05) is 12.5 Å². The molecule has 6 nitrogen and oxygen atoms in total. The second-order valence-electron chi connectivity index (χ2n) is 7.61. The van der Waals surface area contributed by atoms with Gasteiger partial charge in [-0.3, -0.25) is 14.5 Å². The van der Waals surface area contributed by atoms with E-state index in [0.717, 1.165) is 31.5 Å². The van der Waals surface area contributed by atoms with Gasteiger partial charge in [-0.25, -0.2) is 0 Å². The predicted octanol–water partition coefficient (Wildman–Crippen LogP) is 3.44. The Kier molecular flexibility index (Phi) is 7.85. The number of hydrogen-bond donors (Lipinski definition) is 2. The van der Waals surface area contributed by atoms with Crippen LogP contribution in [0.4, 0.5) is 5.69 Å². The number of nitrogens with one attached hydrogen (secondary N) is 2. The highest BCUT2D eigenvalue weighted by Gasteiger charge is 2.30. The molecular formula is C24H31N3O3. The van der Waals surface area contributed by atoms with E-state index < -0.39 is 0 Å². The third-order valence-electron chi connectivity index (χ3n) is 5.58. The van der Waals surface area contributed by atoms with Crippen molar-refractivity contribution >= 4 is 17.5 Å². The van der Waals surface area contributed by atoms with Gasteiger partial charge in [-0.15, -0.1) is 0 Å². The normalized spacial score (nSPS) is 15.9. The van der Waals surface area contributed by atoms with E-state index in [1.165, 1.54) is 0 Å². The Morgan fingerprint density at radius 1 is 1.07 bits per heavy atom. The maximum Gasteiger partial charge on any atom is 0.241 e. The van der Waals surface area contributed by atoms with Crippen LogP contribution in [0.1, 0.15) is 32.3 Å². The number of para-hydroxylation sites is 2. The Morgan fingerprint density at radius 2 is 1.73 bits per heavy atom. The van der Waals surface area contributed by atoms with Crippen LogP contribution in [0.5, 0.6) is 5.75 Å². The van der Waals surface area contributed by atoms with Crippen molar-refractivity contribution in [2.24, 2.45) is 5.92 Å². The zero-order chi connectivity index (χ0) is 21.3. The van der Waals surface area contributed by atoms with Gasteiger partial charge in [-0.2, -0.15) is 0 Å². The summed E-state index contributed by atoms with van der Waals surface area (Å²) in [4.78, 5) is 27.4. The molecule has 2 aromatic rings. The monoisotopic (exact) mass is 409 g/mol. The highest BCUT2D eigenvalue weighted by Crippen LogP contribution is 2.25. The molecule has 0 aliphatic carbocycles. The first-order valence-electron chi connectivity index (χ1n) is 10.7. The summed E-state index contributed by atoms with van der Waals surface area (Å²) in [7, 11) is 0. The summed E-state index contributed by atoms with van der Waals surface area (Å²) in [5.74, 6) is 0.712. The van der Waals surface area contributed by atoms with Crippen molar-refractivity contribution in [3.63, 3.8) is 0 Å².